The lowest BCUT2D eigenvalue weighted by Crippen LogP contribution is -1.92. The molecule has 2 aromatic carbocycles. The summed E-state index contributed by atoms with van der Waals surface area (Å²) < 4.78 is 2.06. The molecule has 0 aliphatic heterocycles. The van der Waals surface area contributed by atoms with Crippen LogP contribution in [0, 0.1) is 0 Å². The van der Waals surface area contributed by atoms with Crippen LogP contribution in [-0.2, 0) is 7.05 Å². The van der Waals surface area contributed by atoms with Crippen molar-refractivity contribution in [3.8, 4) is 0 Å². The number of rotatable bonds is 3. The van der Waals surface area contributed by atoms with Gasteiger partial charge >= 0.3 is 0 Å². The molecule has 0 aliphatic carbocycles. The number of nitrogens with zero attached hydrogens (tertiary/aromatic N) is 1. The van der Waals surface area contributed by atoms with E-state index in [0.717, 1.165) is 16.5 Å². The molecule has 0 spiro atoms. The molecule has 3 heteroatoms. The van der Waals surface area contributed by atoms with Gasteiger partial charge in [-0.2, -0.15) is 0 Å². The van der Waals surface area contributed by atoms with Gasteiger partial charge in [0.25, 0.3) is 0 Å². The lowest BCUT2D eigenvalue weighted by Gasteiger charge is -1.96. The molecule has 0 radical (unpaired) electrons. The molecule has 3 aromatic rings. The lowest BCUT2D eigenvalue weighted by atomic mass is 10.1. The highest BCUT2D eigenvalue weighted by molar-refractivity contribution is 6.30. The van der Waals surface area contributed by atoms with E-state index in [-0.39, 0.29) is 5.78 Å². The second kappa shape index (κ2) is 5.58. The first-order valence-corrected chi connectivity index (χ1v) is 7.05. The summed E-state index contributed by atoms with van der Waals surface area (Å²) >= 11 is 5.83. The molecule has 1 heterocycles. The maximum absolute atomic E-state index is 12.1. The SMILES string of the molecule is Cn1cc(/C=C/C(=O)c2ccc(Cl)cc2)c2ccccc21. The molecule has 0 fully saturated rings. The van der Waals surface area contributed by atoms with E-state index in [2.05, 4.69) is 16.7 Å². The molecular formula is C18H14ClNO. The molecule has 0 saturated carbocycles. The third kappa shape index (κ3) is 2.76. The third-order valence-corrected chi connectivity index (χ3v) is 3.72. The minimum absolute atomic E-state index is 0.0281. The zero-order valence-electron chi connectivity index (χ0n) is 11.6. The van der Waals surface area contributed by atoms with Crippen LogP contribution in [0.4, 0.5) is 0 Å². The summed E-state index contributed by atoms with van der Waals surface area (Å²) in [6.45, 7) is 0. The molecule has 0 amide bonds. The van der Waals surface area contributed by atoms with Crippen molar-refractivity contribution in [3.63, 3.8) is 0 Å². The second-order valence-electron chi connectivity index (χ2n) is 4.92. The Kier molecular flexibility index (Phi) is 3.63. The van der Waals surface area contributed by atoms with Gasteiger partial charge in [0.2, 0.25) is 0 Å². The molecule has 0 atom stereocenters. The Morgan fingerprint density at radius 3 is 2.57 bits per heavy atom. The zero-order valence-corrected chi connectivity index (χ0v) is 12.3. The van der Waals surface area contributed by atoms with E-state index < -0.39 is 0 Å². The maximum Gasteiger partial charge on any atom is 0.185 e. The van der Waals surface area contributed by atoms with Crippen molar-refractivity contribution in [2.24, 2.45) is 7.05 Å². The second-order valence-corrected chi connectivity index (χ2v) is 5.35. The fourth-order valence-corrected chi connectivity index (χ4v) is 2.51. The smallest absolute Gasteiger partial charge is 0.185 e. The Morgan fingerprint density at radius 1 is 1.10 bits per heavy atom. The van der Waals surface area contributed by atoms with Crippen molar-refractivity contribution in [2.45, 2.75) is 0 Å². The monoisotopic (exact) mass is 295 g/mol. The Hall–Kier alpha value is -2.32. The highest BCUT2D eigenvalue weighted by Gasteiger charge is 2.05. The molecule has 0 aliphatic rings. The van der Waals surface area contributed by atoms with Gasteiger partial charge in [0, 0.05) is 40.3 Å². The number of hydrogen-bond acceptors (Lipinski definition) is 1. The fourth-order valence-electron chi connectivity index (χ4n) is 2.38. The maximum atomic E-state index is 12.1. The Balaban J connectivity index is 1.91. The van der Waals surface area contributed by atoms with Crippen molar-refractivity contribution >= 4 is 34.4 Å². The Labute approximate surface area is 128 Å². The summed E-state index contributed by atoms with van der Waals surface area (Å²) in [4.78, 5) is 12.1. The van der Waals surface area contributed by atoms with Crippen molar-refractivity contribution in [1.29, 1.82) is 0 Å². The minimum Gasteiger partial charge on any atom is -0.350 e. The Morgan fingerprint density at radius 2 is 1.81 bits per heavy atom. The molecule has 0 saturated heterocycles. The van der Waals surface area contributed by atoms with Crippen LogP contribution in [0.3, 0.4) is 0 Å². The van der Waals surface area contributed by atoms with E-state index in [1.54, 1.807) is 30.3 Å². The summed E-state index contributed by atoms with van der Waals surface area (Å²) in [6.07, 6.45) is 5.49. The van der Waals surface area contributed by atoms with Crippen LogP contribution in [0.2, 0.25) is 5.02 Å². The van der Waals surface area contributed by atoms with Gasteiger partial charge in [-0.3, -0.25) is 4.79 Å². The first-order chi connectivity index (χ1) is 10.1. The van der Waals surface area contributed by atoms with Crippen molar-refractivity contribution in [1.82, 2.24) is 4.57 Å². The number of ketones is 1. The molecule has 0 unspecified atom stereocenters. The lowest BCUT2D eigenvalue weighted by molar-refractivity contribution is 0.104. The number of fused-ring (bicyclic) bond motifs is 1. The van der Waals surface area contributed by atoms with Gasteiger partial charge in [-0.1, -0.05) is 29.8 Å². The van der Waals surface area contributed by atoms with Crippen LogP contribution in [0.1, 0.15) is 15.9 Å². The average Bonchev–Trinajstić information content (AvgIpc) is 2.83. The van der Waals surface area contributed by atoms with Crippen molar-refractivity contribution in [3.05, 3.63) is 77.0 Å². The summed E-state index contributed by atoms with van der Waals surface area (Å²) in [5.74, 6) is -0.0281. The predicted molar refractivity (Wildman–Crippen MR) is 87.7 cm³/mol. The number of benzene rings is 2. The zero-order chi connectivity index (χ0) is 14.8. The van der Waals surface area contributed by atoms with E-state index >= 15 is 0 Å². The number of carbonyl (C=O) groups is 1. The highest BCUT2D eigenvalue weighted by atomic mass is 35.5. The van der Waals surface area contributed by atoms with E-state index in [4.69, 9.17) is 11.6 Å². The van der Waals surface area contributed by atoms with Gasteiger partial charge in [-0.25, -0.2) is 0 Å². The van der Waals surface area contributed by atoms with Crippen LogP contribution < -0.4 is 0 Å². The molecule has 1 aromatic heterocycles. The van der Waals surface area contributed by atoms with E-state index in [9.17, 15) is 4.79 Å². The quantitative estimate of drug-likeness (QED) is 0.506. The number of carbonyl (C=O) groups excluding carboxylic acids is 1. The Bertz CT molecular complexity index is 828. The molecular weight excluding hydrogens is 282 g/mol. The number of allylic oxidation sites excluding steroid dienone is 1. The number of para-hydroxylation sites is 1. The van der Waals surface area contributed by atoms with Gasteiger partial charge in [0.15, 0.2) is 5.78 Å². The van der Waals surface area contributed by atoms with E-state index in [0.29, 0.717) is 10.6 Å². The largest absolute Gasteiger partial charge is 0.350 e. The summed E-state index contributed by atoms with van der Waals surface area (Å²) in [5, 5.41) is 1.77. The normalized spacial score (nSPS) is 11.3. The highest BCUT2D eigenvalue weighted by Crippen LogP contribution is 2.21. The van der Waals surface area contributed by atoms with Gasteiger partial charge in [0.05, 0.1) is 0 Å². The van der Waals surface area contributed by atoms with Gasteiger partial charge in [-0.15, -0.1) is 0 Å². The molecule has 104 valence electrons. The number of aryl methyl sites for hydroxylation is 1. The fraction of sp³-hybridized carbons (Fsp3) is 0.0556. The first kappa shape index (κ1) is 13.7. The average molecular weight is 296 g/mol. The van der Waals surface area contributed by atoms with Crippen molar-refractivity contribution in [2.75, 3.05) is 0 Å². The topological polar surface area (TPSA) is 22.0 Å². The first-order valence-electron chi connectivity index (χ1n) is 6.67. The molecule has 0 bridgehead atoms. The summed E-state index contributed by atoms with van der Waals surface area (Å²) in [7, 11) is 2.00. The number of halogens is 1. The summed E-state index contributed by atoms with van der Waals surface area (Å²) in [6, 6.07) is 15.0. The van der Waals surface area contributed by atoms with Crippen molar-refractivity contribution < 1.29 is 4.79 Å². The number of hydrogen-bond donors (Lipinski definition) is 0. The predicted octanol–water partition coefficient (Wildman–Crippen LogP) is 4.73. The number of aromatic nitrogens is 1. The molecule has 3 rings (SSSR count). The van der Waals surface area contributed by atoms with E-state index in [1.165, 1.54) is 0 Å². The van der Waals surface area contributed by atoms with E-state index in [1.807, 2.05) is 31.5 Å². The van der Waals surface area contributed by atoms with Crippen LogP contribution in [-0.4, -0.2) is 10.4 Å². The van der Waals surface area contributed by atoms with Gasteiger partial charge < -0.3 is 4.57 Å². The van der Waals surface area contributed by atoms with Crippen LogP contribution in [0.25, 0.3) is 17.0 Å². The van der Waals surface area contributed by atoms with Gasteiger partial charge in [0.1, 0.15) is 0 Å². The van der Waals surface area contributed by atoms with Crippen LogP contribution in [0.5, 0.6) is 0 Å². The van der Waals surface area contributed by atoms with Crippen LogP contribution in [0.15, 0.2) is 60.8 Å². The van der Waals surface area contributed by atoms with Crippen LogP contribution >= 0.6 is 11.6 Å². The standard InChI is InChI=1S/C18H14ClNO/c1-20-12-14(16-4-2-3-5-17(16)20)8-11-18(21)13-6-9-15(19)10-7-13/h2-12H,1H3/b11-8+. The molecule has 21 heavy (non-hydrogen) atoms. The minimum atomic E-state index is -0.0281. The third-order valence-electron chi connectivity index (χ3n) is 3.47. The summed E-state index contributed by atoms with van der Waals surface area (Å²) in [5.41, 5.74) is 2.82. The molecule has 2 nitrogen and oxygen atoms in total. The molecule has 0 N–H and O–H groups in total. The van der Waals surface area contributed by atoms with Gasteiger partial charge in [-0.05, 0) is 42.5 Å².